The van der Waals surface area contributed by atoms with Crippen LogP contribution in [0, 0.1) is 0 Å². The zero-order chi connectivity index (χ0) is 20.8. The number of para-hydroxylation sites is 2. The third-order valence-electron chi connectivity index (χ3n) is 4.74. The Bertz CT molecular complexity index is 913. The molecule has 2 aromatic rings. The average molecular weight is 431 g/mol. The van der Waals surface area contributed by atoms with Gasteiger partial charge in [-0.05, 0) is 42.5 Å². The standard InChI is InChI=1S/C21H23ClN4O2S/c1-2-19(27)26-12-10-25(11-13-26)18-9-4-3-8-17(18)23-21(29)24-20(28)15-6-5-7-16(22)14-15/h3-9,14H,2,10-13H2,1H3,(H2,23,24,28,29). The van der Waals surface area contributed by atoms with Crippen LogP contribution in [0.15, 0.2) is 48.5 Å². The molecule has 1 heterocycles. The summed E-state index contributed by atoms with van der Waals surface area (Å²) in [4.78, 5) is 28.4. The molecule has 0 bridgehead atoms. The van der Waals surface area contributed by atoms with Crippen molar-refractivity contribution in [3.05, 3.63) is 59.1 Å². The summed E-state index contributed by atoms with van der Waals surface area (Å²) < 4.78 is 0. The van der Waals surface area contributed by atoms with E-state index in [1.807, 2.05) is 36.1 Å². The first-order chi connectivity index (χ1) is 14.0. The van der Waals surface area contributed by atoms with Gasteiger partial charge in [0.2, 0.25) is 5.91 Å². The minimum Gasteiger partial charge on any atom is -0.366 e. The monoisotopic (exact) mass is 430 g/mol. The number of rotatable bonds is 4. The highest BCUT2D eigenvalue weighted by Gasteiger charge is 2.22. The lowest BCUT2D eigenvalue weighted by Gasteiger charge is -2.37. The van der Waals surface area contributed by atoms with Crippen LogP contribution in [-0.4, -0.2) is 48.0 Å². The molecule has 0 aliphatic carbocycles. The molecule has 6 nitrogen and oxygen atoms in total. The van der Waals surface area contributed by atoms with Gasteiger partial charge in [0, 0.05) is 43.2 Å². The Morgan fingerprint density at radius 2 is 1.79 bits per heavy atom. The number of hydrogen-bond donors (Lipinski definition) is 2. The van der Waals surface area contributed by atoms with Crippen LogP contribution >= 0.6 is 23.8 Å². The molecule has 2 N–H and O–H groups in total. The third-order valence-corrected chi connectivity index (χ3v) is 5.18. The summed E-state index contributed by atoms with van der Waals surface area (Å²) >= 11 is 11.3. The van der Waals surface area contributed by atoms with Crippen LogP contribution in [-0.2, 0) is 4.79 Å². The SMILES string of the molecule is CCC(=O)N1CCN(c2ccccc2NC(=S)NC(=O)c2cccc(Cl)c2)CC1. The van der Waals surface area contributed by atoms with E-state index in [1.165, 1.54) is 0 Å². The van der Waals surface area contributed by atoms with Crippen molar-refractivity contribution in [1.29, 1.82) is 0 Å². The third kappa shape index (κ3) is 5.46. The second-order valence-electron chi connectivity index (χ2n) is 6.66. The highest BCUT2D eigenvalue weighted by Crippen LogP contribution is 2.26. The lowest BCUT2D eigenvalue weighted by Crippen LogP contribution is -2.48. The van der Waals surface area contributed by atoms with Gasteiger partial charge in [0.05, 0.1) is 11.4 Å². The van der Waals surface area contributed by atoms with E-state index < -0.39 is 0 Å². The summed E-state index contributed by atoms with van der Waals surface area (Å²) in [7, 11) is 0. The summed E-state index contributed by atoms with van der Waals surface area (Å²) in [6.45, 7) is 4.75. The molecule has 2 aromatic carbocycles. The van der Waals surface area contributed by atoms with Crippen LogP contribution < -0.4 is 15.5 Å². The first-order valence-corrected chi connectivity index (χ1v) is 10.3. The Labute approximate surface area is 180 Å². The molecule has 1 aliphatic heterocycles. The predicted octanol–water partition coefficient (Wildman–Crippen LogP) is 3.53. The minimum absolute atomic E-state index is 0.181. The van der Waals surface area contributed by atoms with Crippen molar-refractivity contribution in [3.63, 3.8) is 0 Å². The number of benzene rings is 2. The number of anilines is 2. The lowest BCUT2D eigenvalue weighted by molar-refractivity contribution is -0.131. The molecule has 0 saturated carbocycles. The fraction of sp³-hybridized carbons (Fsp3) is 0.286. The number of halogens is 1. The maximum absolute atomic E-state index is 12.4. The van der Waals surface area contributed by atoms with E-state index in [4.69, 9.17) is 23.8 Å². The van der Waals surface area contributed by atoms with Gasteiger partial charge < -0.3 is 15.1 Å². The Balaban J connectivity index is 1.64. The lowest BCUT2D eigenvalue weighted by atomic mass is 10.2. The molecule has 1 fully saturated rings. The van der Waals surface area contributed by atoms with E-state index in [0.717, 1.165) is 24.5 Å². The smallest absolute Gasteiger partial charge is 0.257 e. The first kappa shape index (κ1) is 21.1. The molecule has 0 radical (unpaired) electrons. The van der Waals surface area contributed by atoms with E-state index in [9.17, 15) is 9.59 Å². The zero-order valence-electron chi connectivity index (χ0n) is 16.2. The Hall–Kier alpha value is -2.64. The van der Waals surface area contributed by atoms with Gasteiger partial charge in [0.15, 0.2) is 5.11 Å². The molecule has 152 valence electrons. The average Bonchev–Trinajstić information content (AvgIpc) is 2.73. The Morgan fingerprint density at radius 3 is 2.48 bits per heavy atom. The highest BCUT2D eigenvalue weighted by atomic mass is 35.5. The van der Waals surface area contributed by atoms with Crippen LogP contribution in [0.1, 0.15) is 23.7 Å². The molecule has 0 unspecified atom stereocenters. The molecule has 0 spiro atoms. The maximum atomic E-state index is 12.4. The molecule has 0 atom stereocenters. The topological polar surface area (TPSA) is 64.7 Å². The van der Waals surface area contributed by atoms with E-state index in [-0.39, 0.29) is 16.9 Å². The van der Waals surface area contributed by atoms with E-state index in [0.29, 0.717) is 30.1 Å². The number of hydrogen-bond acceptors (Lipinski definition) is 4. The minimum atomic E-state index is -0.325. The van der Waals surface area contributed by atoms with Crippen molar-refractivity contribution < 1.29 is 9.59 Å². The maximum Gasteiger partial charge on any atom is 0.257 e. The molecular formula is C21H23ClN4O2S. The van der Waals surface area contributed by atoms with Crippen LogP contribution in [0.5, 0.6) is 0 Å². The molecule has 0 aromatic heterocycles. The van der Waals surface area contributed by atoms with Crippen molar-refractivity contribution in [2.75, 3.05) is 36.4 Å². The normalized spacial score (nSPS) is 13.7. The van der Waals surface area contributed by atoms with Gasteiger partial charge in [0.25, 0.3) is 5.91 Å². The Kier molecular flexibility index (Phi) is 7.06. The number of carbonyl (C=O) groups is 2. The van der Waals surface area contributed by atoms with E-state index >= 15 is 0 Å². The molecule has 8 heteroatoms. The van der Waals surface area contributed by atoms with Crippen molar-refractivity contribution >= 4 is 52.1 Å². The van der Waals surface area contributed by atoms with Crippen molar-refractivity contribution in [3.8, 4) is 0 Å². The number of carbonyl (C=O) groups excluding carboxylic acids is 2. The fourth-order valence-electron chi connectivity index (χ4n) is 3.23. The molecule has 29 heavy (non-hydrogen) atoms. The molecule has 1 aliphatic rings. The number of nitrogens with one attached hydrogen (secondary N) is 2. The van der Waals surface area contributed by atoms with E-state index in [1.54, 1.807) is 24.3 Å². The Morgan fingerprint density at radius 1 is 1.07 bits per heavy atom. The number of piperazine rings is 1. The summed E-state index contributed by atoms with van der Waals surface area (Å²) in [5, 5.41) is 6.49. The van der Waals surface area contributed by atoms with Gasteiger partial charge in [-0.1, -0.05) is 36.7 Å². The van der Waals surface area contributed by atoms with Gasteiger partial charge in [-0.25, -0.2) is 0 Å². The van der Waals surface area contributed by atoms with Crippen LogP contribution in [0.3, 0.4) is 0 Å². The van der Waals surface area contributed by atoms with Gasteiger partial charge in [-0.2, -0.15) is 0 Å². The van der Waals surface area contributed by atoms with Gasteiger partial charge in [-0.15, -0.1) is 0 Å². The summed E-state index contributed by atoms with van der Waals surface area (Å²) in [6, 6.07) is 14.5. The molecular weight excluding hydrogens is 408 g/mol. The molecule has 2 amide bonds. The van der Waals surface area contributed by atoms with Gasteiger partial charge in [0.1, 0.15) is 0 Å². The number of amides is 2. The van der Waals surface area contributed by atoms with Gasteiger partial charge in [-0.3, -0.25) is 14.9 Å². The van der Waals surface area contributed by atoms with Gasteiger partial charge >= 0.3 is 0 Å². The predicted molar refractivity (Wildman–Crippen MR) is 121 cm³/mol. The number of thiocarbonyl (C=S) groups is 1. The zero-order valence-corrected chi connectivity index (χ0v) is 17.7. The second-order valence-corrected chi connectivity index (χ2v) is 7.50. The summed E-state index contributed by atoms with van der Waals surface area (Å²) in [5.74, 6) is -0.143. The summed E-state index contributed by atoms with van der Waals surface area (Å²) in [5.41, 5.74) is 2.22. The van der Waals surface area contributed by atoms with Crippen LogP contribution in [0.2, 0.25) is 5.02 Å². The quantitative estimate of drug-likeness (QED) is 0.726. The van der Waals surface area contributed by atoms with Crippen LogP contribution in [0.25, 0.3) is 0 Å². The highest BCUT2D eigenvalue weighted by molar-refractivity contribution is 7.80. The van der Waals surface area contributed by atoms with Crippen molar-refractivity contribution in [2.45, 2.75) is 13.3 Å². The van der Waals surface area contributed by atoms with Crippen molar-refractivity contribution in [1.82, 2.24) is 10.2 Å². The molecule has 1 saturated heterocycles. The van der Waals surface area contributed by atoms with E-state index in [2.05, 4.69) is 15.5 Å². The largest absolute Gasteiger partial charge is 0.366 e. The molecule has 3 rings (SSSR count). The fourth-order valence-corrected chi connectivity index (χ4v) is 3.63. The first-order valence-electron chi connectivity index (χ1n) is 9.47. The number of nitrogens with zero attached hydrogens (tertiary/aromatic N) is 2. The van der Waals surface area contributed by atoms with Crippen molar-refractivity contribution in [2.24, 2.45) is 0 Å². The second kappa shape index (κ2) is 9.71. The summed E-state index contributed by atoms with van der Waals surface area (Å²) in [6.07, 6.45) is 0.527. The van der Waals surface area contributed by atoms with Crippen LogP contribution in [0.4, 0.5) is 11.4 Å².